The van der Waals surface area contributed by atoms with E-state index in [0.29, 0.717) is 38.5 Å². The molecular weight excluding hydrogens is 325 g/mol. The van der Waals surface area contributed by atoms with Crippen LogP contribution in [0.15, 0.2) is 35.7 Å². The van der Waals surface area contributed by atoms with E-state index in [1.807, 2.05) is 17.5 Å². The summed E-state index contributed by atoms with van der Waals surface area (Å²) in [6.45, 7) is 3.05. The molecule has 1 saturated heterocycles. The lowest BCUT2D eigenvalue weighted by Crippen LogP contribution is -2.36. The molecule has 1 aliphatic rings. The molecule has 0 bridgehead atoms. The highest BCUT2D eigenvalue weighted by molar-refractivity contribution is 7.09. The van der Waals surface area contributed by atoms with Crippen molar-refractivity contribution in [3.8, 4) is 0 Å². The second kappa shape index (κ2) is 6.80. The Hall–Kier alpha value is -1.73. The zero-order chi connectivity index (χ0) is 16.3. The predicted molar refractivity (Wildman–Crippen MR) is 86.1 cm³/mol. The van der Waals surface area contributed by atoms with Crippen LogP contribution in [0.4, 0.5) is 24.5 Å². The van der Waals surface area contributed by atoms with E-state index in [1.54, 1.807) is 17.4 Å². The topological polar surface area (TPSA) is 24.5 Å². The molecule has 3 rings (SSSR count). The first-order valence-corrected chi connectivity index (χ1v) is 8.22. The zero-order valence-electron chi connectivity index (χ0n) is 12.4. The van der Waals surface area contributed by atoms with Gasteiger partial charge in [-0.05, 0) is 29.6 Å². The van der Waals surface area contributed by atoms with Gasteiger partial charge in [0.2, 0.25) is 0 Å². The van der Waals surface area contributed by atoms with Crippen LogP contribution in [0.2, 0.25) is 0 Å². The number of hydrogen-bond acceptors (Lipinski definition) is 4. The molecule has 1 N–H and O–H groups in total. The molecule has 0 spiro atoms. The van der Waals surface area contributed by atoms with E-state index < -0.39 is 11.7 Å². The number of nitrogens with zero attached hydrogens (tertiary/aromatic N) is 1. The average molecular weight is 342 g/mol. The molecule has 0 saturated carbocycles. The van der Waals surface area contributed by atoms with Crippen molar-refractivity contribution in [3.05, 3.63) is 46.2 Å². The summed E-state index contributed by atoms with van der Waals surface area (Å²) in [5.41, 5.74) is 0.663. The number of ether oxygens (including phenoxy) is 1. The molecule has 0 atom stereocenters. The monoisotopic (exact) mass is 342 g/mol. The standard InChI is InChI=1S/C16H17F3N2OS/c17-16(18,19)12-3-4-15(21-5-7-22-8-6-21)14(10-12)20-11-13-2-1-9-23-13/h1-4,9-10,20H,5-8,11H2. The number of hydrogen-bond donors (Lipinski definition) is 1. The van der Waals surface area contributed by atoms with Crippen LogP contribution in [0, 0.1) is 0 Å². The lowest BCUT2D eigenvalue weighted by Gasteiger charge is -2.31. The summed E-state index contributed by atoms with van der Waals surface area (Å²) in [6.07, 6.45) is -4.34. The molecule has 1 aromatic carbocycles. The molecule has 3 nitrogen and oxygen atoms in total. The maximum absolute atomic E-state index is 13.0. The Labute approximate surface area is 136 Å². The van der Waals surface area contributed by atoms with Gasteiger partial charge < -0.3 is 15.0 Å². The second-order valence-corrected chi connectivity index (χ2v) is 6.29. The minimum atomic E-state index is -4.34. The van der Waals surface area contributed by atoms with Crippen molar-refractivity contribution in [2.24, 2.45) is 0 Å². The van der Waals surface area contributed by atoms with Gasteiger partial charge >= 0.3 is 6.18 Å². The molecule has 1 aromatic heterocycles. The first-order chi connectivity index (χ1) is 11.0. The van der Waals surface area contributed by atoms with E-state index in [-0.39, 0.29) is 0 Å². The van der Waals surface area contributed by atoms with Crippen LogP contribution in [-0.2, 0) is 17.5 Å². The van der Waals surface area contributed by atoms with Crippen molar-refractivity contribution >= 4 is 22.7 Å². The van der Waals surface area contributed by atoms with Crippen molar-refractivity contribution in [1.82, 2.24) is 0 Å². The first-order valence-electron chi connectivity index (χ1n) is 7.34. The van der Waals surface area contributed by atoms with Gasteiger partial charge in [-0.25, -0.2) is 0 Å². The highest BCUT2D eigenvalue weighted by atomic mass is 32.1. The van der Waals surface area contributed by atoms with E-state index in [9.17, 15) is 13.2 Å². The van der Waals surface area contributed by atoms with Gasteiger partial charge in [-0.1, -0.05) is 6.07 Å². The average Bonchev–Trinajstić information content (AvgIpc) is 3.06. The minimum absolute atomic E-state index is 0.509. The lowest BCUT2D eigenvalue weighted by atomic mass is 10.1. The summed E-state index contributed by atoms with van der Waals surface area (Å²) >= 11 is 1.58. The Morgan fingerprint density at radius 2 is 1.96 bits per heavy atom. The fraction of sp³-hybridized carbons (Fsp3) is 0.375. The van der Waals surface area contributed by atoms with E-state index in [2.05, 4.69) is 10.2 Å². The third-order valence-corrected chi connectivity index (χ3v) is 4.59. The van der Waals surface area contributed by atoms with Crippen LogP contribution < -0.4 is 10.2 Å². The highest BCUT2D eigenvalue weighted by Crippen LogP contribution is 2.36. The van der Waals surface area contributed by atoms with Gasteiger partial charge in [-0.2, -0.15) is 13.2 Å². The third kappa shape index (κ3) is 3.97. The summed E-state index contributed by atoms with van der Waals surface area (Å²) in [5, 5.41) is 5.10. The Morgan fingerprint density at radius 3 is 2.61 bits per heavy atom. The molecule has 2 heterocycles. The number of halogens is 3. The maximum atomic E-state index is 13.0. The molecule has 0 amide bonds. The van der Waals surface area contributed by atoms with Gasteiger partial charge in [0.1, 0.15) is 0 Å². The number of rotatable bonds is 4. The molecule has 1 aliphatic heterocycles. The number of morpholine rings is 1. The van der Waals surface area contributed by atoms with Crippen LogP contribution in [0.1, 0.15) is 10.4 Å². The van der Waals surface area contributed by atoms with Gasteiger partial charge in [-0.3, -0.25) is 0 Å². The molecule has 7 heteroatoms. The van der Waals surface area contributed by atoms with E-state index in [1.165, 1.54) is 6.07 Å². The molecule has 2 aromatic rings. The smallest absolute Gasteiger partial charge is 0.378 e. The third-order valence-electron chi connectivity index (χ3n) is 3.71. The summed E-state index contributed by atoms with van der Waals surface area (Å²) in [7, 11) is 0. The molecule has 23 heavy (non-hydrogen) atoms. The van der Waals surface area contributed by atoms with Gasteiger partial charge in [0.05, 0.1) is 30.2 Å². The Kier molecular flexibility index (Phi) is 4.77. The Bertz CT molecular complexity index is 637. The molecule has 0 radical (unpaired) electrons. The largest absolute Gasteiger partial charge is 0.416 e. The normalized spacial score (nSPS) is 15.7. The lowest BCUT2D eigenvalue weighted by molar-refractivity contribution is -0.137. The molecule has 1 fully saturated rings. The summed E-state index contributed by atoms with van der Waals surface area (Å²) in [4.78, 5) is 3.13. The van der Waals surface area contributed by atoms with Crippen LogP contribution in [-0.4, -0.2) is 26.3 Å². The van der Waals surface area contributed by atoms with Crippen molar-refractivity contribution < 1.29 is 17.9 Å². The maximum Gasteiger partial charge on any atom is 0.416 e. The quantitative estimate of drug-likeness (QED) is 0.900. The summed E-state index contributed by atoms with van der Waals surface area (Å²) in [6, 6.07) is 7.76. The van der Waals surface area contributed by atoms with Crippen LogP contribution >= 0.6 is 11.3 Å². The van der Waals surface area contributed by atoms with Gasteiger partial charge in [-0.15, -0.1) is 11.3 Å². The van der Waals surface area contributed by atoms with Crippen molar-refractivity contribution in [1.29, 1.82) is 0 Å². The van der Waals surface area contributed by atoms with Crippen LogP contribution in [0.25, 0.3) is 0 Å². The number of anilines is 2. The summed E-state index contributed by atoms with van der Waals surface area (Å²) < 4.78 is 44.3. The fourth-order valence-electron chi connectivity index (χ4n) is 2.53. The molecule has 0 aliphatic carbocycles. The molecular formula is C16H17F3N2OS. The van der Waals surface area contributed by atoms with Crippen LogP contribution in [0.3, 0.4) is 0 Å². The van der Waals surface area contributed by atoms with Crippen molar-refractivity contribution in [2.75, 3.05) is 36.5 Å². The minimum Gasteiger partial charge on any atom is -0.378 e. The number of thiophene rings is 1. The SMILES string of the molecule is FC(F)(F)c1ccc(N2CCOCC2)c(NCc2cccs2)c1. The molecule has 0 unspecified atom stereocenters. The van der Waals surface area contributed by atoms with E-state index in [0.717, 1.165) is 16.6 Å². The zero-order valence-corrected chi connectivity index (χ0v) is 13.2. The van der Waals surface area contributed by atoms with Gasteiger partial charge in [0.15, 0.2) is 0 Å². The molecule has 124 valence electrons. The van der Waals surface area contributed by atoms with E-state index in [4.69, 9.17) is 4.74 Å². The fourth-order valence-corrected chi connectivity index (χ4v) is 3.17. The van der Waals surface area contributed by atoms with Crippen LogP contribution in [0.5, 0.6) is 0 Å². The first kappa shape index (κ1) is 16.1. The van der Waals surface area contributed by atoms with Crippen molar-refractivity contribution in [3.63, 3.8) is 0 Å². The van der Waals surface area contributed by atoms with E-state index >= 15 is 0 Å². The second-order valence-electron chi connectivity index (χ2n) is 5.26. The highest BCUT2D eigenvalue weighted by Gasteiger charge is 2.31. The van der Waals surface area contributed by atoms with Gasteiger partial charge in [0.25, 0.3) is 0 Å². The summed E-state index contributed by atoms with van der Waals surface area (Å²) in [5.74, 6) is 0. The predicted octanol–water partition coefficient (Wildman–Crippen LogP) is 4.22. The van der Waals surface area contributed by atoms with Gasteiger partial charge in [0, 0.05) is 24.5 Å². The van der Waals surface area contributed by atoms with Crippen molar-refractivity contribution in [2.45, 2.75) is 12.7 Å². The number of alkyl halides is 3. The number of nitrogens with one attached hydrogen (secondary N) is 1. The Balaban J connectivity index is 1.87. The Morgan fingerprint density at radius 1 is 1.17 bits per heavy atom. The number of benzene rings is 1.